The van der Waals surface area contributed by atoms with Crippen molar-refractivity contribution < 1.29 is 35.1 Å². The molecule has 0 heterocycles. The van der Waals surface area contributed by atoms with E-state index < -0.39 is 28.4 Å². The molecule has 0 saturated carbocycles. The Morgan fingerprint density at radius 1 is 0.750 bits per heavy atom. The lowest BCUT2D eigenvalue weighted by atomic mass is 10.1. The monoisotopic (exact) mass is 371 g/mol. The van der Waals surface area contributed by atoms with Gasteiger partial charge in [0.2, 0.25) is 0 Å². The molecule has 0 aliphatic heterocycles. The van der Waals surface area contributed by atoms with Crippen LogP contribution in [0, 0.1) is 0 Å². The second-order valence-electron chi connectivity index (χ2n) is 3.72. The van der Waals surface area contributed by atoms with Crippen molar-refractivity contribution in [3.05, 3.63) is 30.3 Å². The van der Waals surface area contributed by atoms with Crippen LogP contribution >= 0.6 is 15.9 Å². The van der Waals surface area contributed by atoms with Gasteiger partial charge in [-0.15, -0.1) is 0 Å². The first kappa shape index (κ1) is 17.0. The highest BCUT2D eigenvalue weighted by molar-refractivity contribution is 9.10. The van der Waals surface area contributed by atoms with E-state index in [2.05, 4.69) is 0 Å². The topological polar surface area (TPSA) is 12.0 Å². The molecule has 1 rings (SSSR count). The van der Waals surface area contributed by atoms with Crippen LogP contribution in [0.4, 0.5) is 40.8 Å². The molecule has 0 aliphatic rings. The summed E-state index contributed by atoms with van der Waals surface area (Å²) in [5, 5.41) is 0.909. The summed E-state index contributed by atoms with van der Waals surface area (Å²) in [6, 6.07) is 5.33. The Bertz CT molecular complexity index is 455. The van der Waals surface area contributed by atoms with Crippen LogP contribution in [0.1, 0.15) is 0 Å². The van der Waals surface area contributed by atoms with Gasteiger partial charge in [0, 0.05) is 5.69 Å². The molecule has 0 amide bonds. The number of halogens is 9. The average Bonchev–Trinajstić information content (AvgIpc) is 2.27. The van der Waals surface area contributed by atoms with E-state index >= 15 is 0 Å². The number of alkyl halides is 9. The lowest BCUT2D eigenvalue weighted by Crippen LogP contribution is -2.65. The molecule has 2 unspecified atom stereocenters. The molecule has 1 aromatic rings. The molecule has 1 aromatic carbocycles. The van der Waals surface area contributed by atoms with Crippen LogP contribution < -0.4 is 5.32 Å². The highest BCUT2D eigenvalue weighted by atomic mass is 79.9. The quantitative estimate of drug-likeness (QED) is 0.450. The maximum Gasteiger partial charge on any atom is 0.446 e. The third-order valence-corrected chi connectivity index (χ3v) is 3.27. The van der Waals surface area contributed by atoms with Gasteiger partial charge in [-0.25, -0.2) is 8.78 Å². The number of para-hydroxylation sites is 1. The van der Waals surface area contributed by atoms with Crippen molar-refractivity contribution in [1.29, 1.82) is 0 Å². The maximum atomic E-state index is 13.9. The SMILES string of the molecule is FC(F)(F)C(F)(Br)C(F)(Nc1ccccc1)C(F)(F)F. The Balaban J connectivity index is 3.32. The van der Waals surface area contributed by atoms with Crippen molar-refractivity contribution in [1.82, 2.24) is 0 Å². The van der Waals surface area contributed by atoms with E-state index in [1.807, 2.05) is 0 Å². The van der Waals surface area contributed by atoms with Gasteiger partial charge >= 0.3 is 22.7 Å². The van der Waals surface area contributed by atoms with Crippen LogP contribution in [-0.4, -0.2) is 22.7 Å². The molecule has 0 aliphatic carbocycles. The summed E-state index contributed by atoms with van der Waals surface area (Å²) >= 11 is 1.17. The van der Waals surface area contributed by atoms with E-state index in [-0.39, 0.29) is 0 Å². The fraction of sp³-hybridized carbons (Fsp3) is 0.400. The minimum absolute atomic E-state index is 0.668. The minimum Gasteiger partial charge on any atom is -0.342 e. The van der Waals surface area contributed by atoms with Crippen molar-refractivity contribution in [3.63, 3.8) is 0 Å². The van der Waals surface area contributed by atoms with Gasteiger partial charge in [0.05, 0.1) is 0 Å². The first-order chi connectivity index (χ1) is 8.83. The van der Waals surface area contributed by atoms with E-state index in [9.17, 15) is 35.1 Å². The fourth-order valence-electron chi connectivity index (χ4n) is 1.24. The van der Waals surface area contributed by atoms with Crippen LogP contribution in [0.5, 0.6) is 0 Å². The van der Waals surface area contributed by atoms with Gasteiger partial charge in [-0.05, 0) is 28.1 Å². The number of anilines is 1. The summed E-state index contributed by atoms with van der Waals surface area (Å²) in [5.41, 5.74) is -0.668. The number of hydrogen-bond donors (Lipinski definition) is 1. The summed E-state index contributed by atoms with van der Waals surface area (Å²) in [6.07, 6.45) is -12.3. The van der Waals surface area contributed by atoms with Gasteiger partial charge < -0.3 is 5.32 Å². The van der Waals surface area contributed by atoms with Crippen molar-refractivity contribution in [2.45, 2.75) is 22.7 Å². The maximum absolute atomic E-state index is 13.9. The molecule has 0 radical (unpaired) electrons. The molecule has 0 fully saturated rings. The van der Waals surface area contributed by atoms with Crippen molar-refractivity contribution in [3.8, 4) is 0 Å². The lowest BCUT2D eigenvalue weighted by molar-refractivity contribution is -0.302. The Hall–Kier alpha value is -1.06. The van der Waals surface area contributed by atoms with Gasteiger partial charge in [-0.2, -0.15) is 26.3 Å². The van der Waals surface area contributed by atoms with Gasteiger partial charge in [0.1, 0.15) is 0 Å². The third-order valence-electron chi connectivity index (χ3n) is 2.27. The Morgan fingerprint density at radius 3 is 1.55 bits per heavy atom. The van der Waals surface area contributed by atoms with E-state index in [0.29, 0.717) is 0 Å². The summed E-state index contributed by atoms with van der Waals surface area (Å²) in [7, 11) is 0. The molecular formula is C10H6BrF8N. The van der Waals surface area contributed by atoms with Gasteiger partial charge in [0.25, 0.3) is 0 Å². The molecule has 0 aromatic heterocycles. The van der Waals surface area contributed by atoms with E-state index in [4.69, 9.17) is 0 Å². The Morgan fingerprint density at radius 2 is 1.20 bits per heavy atom. The predicted octanol–water partition coefficient (Wildman–Crippen LogP) is 4.95. The van der Waals surface area contributed by atoms with Gasteiger partial charge in [0.15, 0.2) is 0 Å². The molecule has 114 valence electrons. The molecule has 20 heavy (non-hydrogen) atoms. The first-order valence-electron chi connectivity index (χ1n) is 4.86. The van der Waals surface area contributed by atoms with Crippen LogP contribution in [-0.2, 0) is 0 Å². The second kappa shape index (κ2) is 5.05. The number of nitrogens with one attached hydrogen (secondary N) is 1. The molecule has 2 atom stereocenters. The van der Waals surface area contributed by atoms with Crippen LogP contribution in [0.2, 0.25) is 0 Å². The molecule has 0 saturated heterocycles. The zero-order chi connectivity index (χ0) is 15.8. The largest absolute Gasteiger partial charge is 0.446 e. The third kappa shape index (κ3) is 2.84. The lowest BCUT2D eigenvalue weighted by Gasteiger charge is -2.38. The second-order valence-corrected chi connectivity index (χ2v) is 4.81. The molecule has 10 heteroatoms. The molecular weight excluding hydrogens is 366 g/mol. The summed E-state index contributed by atoms with van der Waals surface area (Å²) in [5.74, 6) is -5.40. The van der Waals surface area contributed by atoms with E-state index in [1.54, 1.807) is 0 Å². The highest BCUT2D eigenvalue weighted by Gasteiger charge is 2.79. The van der Waals surface area contributed by atoms with E-state index in [1.165, 1.54) is 22.0 Å². The number of benzene rings is 1. The molecule has 1 N–H and O–H groups in total. The summed E-state index contributed by atoms with van der Waals surface area (Å²) in [6.45, 7) is 0. The molecule has 1 nitrogen and oxygen atoms in total. The van der Waals surface area contributed by atoms with Crippen molar-refractivity contribution >= 4 is 21.6 Å². The Labute approximate surface area is 116 Å². The zero-order valence-corrected chi connectivity index (χ0v) is 10.9. The van der Waals surface area contributed by atoms with Gasteiger partial charge in [-0.1, -0.05) is 18.2 Å². The standard InChI is InChI=1S/C10H6BrF8N/c11-7(12,9(14,15)16)8(13,10(17,18)19)20-6-4-2-1-3-5-6/h1-5,20H. The van der Waals surface area contributed by atoms with Crippen molar-refractivity contribution in [2.24, 2.45) is 0 Å². The summed E-state index contributed by atoms with van der Waals surface area (Å²) < 4.78 is 96.9. The zero-order valence-electron chi connectivity index (χ0n) is 9.29. The van der Waals surface area contributed by atoms with E-state index in [0.717, 1.165) is 29.6 Å². The van der Waals surface area contributed by atoms with Crippen LogP contribution in [0.25, 0.3) is 0 Å². The van der Waals surface area contributed by atoms with Gasteiger partial charge in [-0.3, -0.25) is 0 Å². The van der Waals surface area contributed by atoms with Crippen LogP contribution in [0.15, 0.2) is 30.3 Å². The highest BCUT2D eigenvalue weighted by Crippen LogP contribution is 2.55. The minimum atomic E-state index is -6.17. The predicted molar refractivity (Wildman–Crippen MR) is 58.8 cm³/mol. The summed E-state index contributed by atoms with van der Waals surface area (Å²) in [4.78, 5) is 0. The fourth-order valence-corrected chi connectivity index (χ4v) is 1.57. The number of rotatable bonds is 3. The smallest absolute Gasteiger partial charge is 0.342 e. The van der Waals surface area contributed by atoms with Crippen molar-refractivity contribution in [2.75, 3.05) is 5.32 Å². The molecule has 0 bridgehead atoms. The molecule has 0 spiro atoms. The Kier molecular flexibility index (Phi) is 4.29. The number of hydrogen-bond acceptors (Lipinski definition) is 1. The normalized spacial score (nSPS) is 19.1. The van der Waals surface area contributed by atoms with Crippen LogP contribution in [0.3, 0.4) is 0 Å². The average molecular weight is 372 g/mol. The first-order valence-corrected chi connectivity index (χ1v) is 5.65.